The minimum Gasteiger partial charge on any atom is -0.338 e. The van der Waals surface area contributed by atoms with E-state index in [2.05, 4.69) is 331 Å². The number of allylic oxidation sites excluding steroid dienone is 2. The van der Waals surface area contributed by atoms with E-state index in [1.165, 1.54) is 83.2 Å². The molecule has 0 N–H and O–H groups in total. The van der Waals surface area contributed by atoms with Gasteiger partial charge in [0.25, 0.3) is 0 Å². The third-order valence-electron chi connectivity index (χ3n) is 18.3. The molecule has 0 spiro atoms. The fourth-order valence-electron chi connectivity index (χ4n) is 14.3. The van der Waals surface area contributed by atoms with E-state index in [1.807, 2.05) is 0 Å². The molecule has 0 aromatic heterocycles. The van der Waals surface area contributed by atoms with E-state index >= 15 is 0 Å². The van der Waals surface area contributed by atoms with Gasteiger partial charge in [0, 0.05) is 68.0 Å². The van der Waals surface area contributed by atoms with Gasteiger partial charge in [-0.1, -0.05) is 221 Å². The van der Waals surface area contributed by atoms with Crippen molar-refractivity contribution < 1.29 is 0 Å². The van der Waals surface area contributed by atoms with Crippen LogP contribution in [0.1, 0.15) is 81.9 Å². The molecule has 4 aliphatic rings. The predicted molar refractivity (Wildman–Crippen MR) is 355 cm³/mol. The Bertz CT molecular complexity index is 3800. The largest absolute Gasteiger partial charge is 0.338 e. The van der Waals surface area contributed by atoms with Gasteiger partial charge in [0.1, 0.15) is 0 Å². The fourth-order valence-corrected chi connectivity index (χ4v) is 14.3. The quantitative estimate of drug-likeness (QED) is 0.0665. The molecule has 4 atom stereocenters. The second-order valence-electron chi connectivity index (χ2n) is 23.5. The molecule has 410 valence electrons. The molecule has 0 saturated heterocycles. The summed E-state index contributed by atoms with van der Waals surface area (Å²) in [5, 5.41) is 2.40. The molecule has 83 heavy (non-hydrogen) atoms. The van der Waals surface area contributed by atoms with Crippen molar-refractivity contribution in [2.75, 3.05) is 19.6 Å². The van der Waals surface area contributed by atoms with Gasteiger partial charge >= 0.3 is 0 Å². The molecular weight excluding hydrogens is 1000 g/mol. The van der Waals surface area contributed by atoms with Crippen LogP contribution in [0.3, 0.4) is 0 Å². The number of hydrogen-bond donors (Lipinski definition) is 0. The molecular formula is C79H74N4. The Hall–Kier alpha value is -9.12. The Morgan fingerprint density at radius 2 is 0.819 bits per heavy atom. The summed E-state index contributed by atoms with van der Waals surface area (Å²) >= 11 is 0. The Labute approximate surface area is 492 Å². The van der Waals surface area contributed by atoms with E-state index in [0.29, 0.717) is 12.0 Å². The van der Waals surface area contributed by atoms with Crippen LogP contribution in [0.5, 0.6) is 0 Å². The first kappa shape index (κ1) is 53.2. The average molecular weight is 1080 g/mol. The van der Waals surface area contributed by atoms with Crippen molar-refractivity contribution in [2.24, 2.45) is 16.7 Å². The molecule has 0 amide bonds. The lowest BCUT2D eigenvalue weighted by Gasteiger charge is -2.60. The third-order valence-corrected chi connectivity index (χ3v) is 18.3. The summed E-state index contributed by atoms with van der Waals surface area (Å²) < 4.78 is 0. The highest BCUT2D eigenvalue weighted by Crippen LogP contribution is 2.67. The maximum absolute atomic E-state index is 2.68. The van der Waals surface area contributed by atoms with Gasteiger partial charge in [0.15, 0.2) is 0 Å². The molecule has 2 saturated carbocycles. The standard InChI is InChI=1S/C79H74N4/c1-3-79-58-72(56-57-78(2,59-79)77(79)55-44-61-26-12-5-13-27-61)83(71-53-49-68(50-54-71)81(65-32-18-8-19-33-65)66-34-20-9-21-35-66)76-39-23-36-73-74(76)37-22-38-75(73)82(69-45-42-62(43-46-69)41-40-60-24-10-4-11-25-60)70-51-47-67(48-52-70)80(63-28-14-6-15-29-63)64-30-16-7-17-31-64/h4-6,8-15,18-29,32-57,64,72,77H,3,7,16-17,30-31,58-59H2,1-2H3. The van der Waals surface area contributed by atoms with Crippen LogP contribution in [-0.2, 0) is 0 Å². The van der Waals surface area contributed by atoms with Gasteiger partial charge < -0.3 is 19.6 Å². The maximum Gasteiger partial charge on any atom is 0.0540 e. The molecule has 4 nitrogen and oxygen atoms in total. The van der Waals surface area contributed by atoms with Gasteiger partial charge in [-0.3, -0.25) is 0 Å². The van der Waals surface area contributed by atoms with Crippen molar-refractivity contribution in [2.45, 2.75) is 77.3 Å². The zero-order valence-corrected chi connectivity index (χ0v) is 48.0. The second kappa shape index (κ2) is 23.8. The van der Waals surface area contributed by atoms with Crippen LogP contribution in [0.2, 0.25) is 0 Å². The number of hydrogen-bond acceptors (Lipinski definition) is 4. The van der Waals surface area contributed by atoms with Crippen LogP contribution in [0.4, 0.5) is 56.9 Å². The van der Waals surface area contributed by atoms with E-state index in [-0.39, 0.29) is 16.9 Å². The minimum atomic E-state index is 0.0564. The van der Waals surface area contributed by atoms with Crippen LogP contribution in [0.25, 0.3) is 29.0 Å². The SMILES string of the molecule is CCC12CC(N(c3ccc(N(c4ccccc4)c4ccccc4)cc3)c3cccc4c(N(c5ccc(C=Cc6ccccc6)cc5)c5ccc(N(c6ccccc6)C6CCCCC6)cc5)cccc34)C=CC(C)(C1)C2C=Cc1ccccc1. The number of para-hydroxylation sites is 3. The van der Waals surface area contributed by atoms with E-state index in [9.17, 15) is 0 Å². The normalized spacial score (nSPS) is 19.5. The Kier molecular flexibility index (Phi) is 15.2. The summed E-state index contributed by atoms with van der Waals surface area (Å²) in [5.41, 5.74) is 15.4. The highest BCUT2D eigenvalue weighted by Gasteiger charge is 2.59. The summed E-state index contributed by atoms with van der Waals surface area (Å²) in [6, 6.07) is 96.2. The van der Waals surface area contributed by atoms with Crippen molar-refractivity contribution in [3.8, 4) is 0 Å². The summed E-state index contributed by atoms with van der Waals surface area (Å²) in [6.45, 7) is 4.92. The average Bonchev–Trinajstić information content (AvgIpc) is 2.87. The molecule has 4 aliphatic carbocycles. The van der Waals surface area contributed by atoms with Crippen LogP contribution >= 0.6 is 0 Å². The van der Waals surface area contributed by atoms with Crippen molar-refractivity contribution in [3.05, 3.63) is 296 Å². The summed E-state index contributed by atoms with van der Waals surface area (Å²) in [7, 11) is 0. The van der Waals surface area contributed by atoms with Crippen LogP contribution in [0, 0.1) is 16.7 Å². The van der Waals surface area contributed by atoms with Crippen molar-refractivity contribution in [3.63, 3.8) is 0 Å². The van der Waals surface area contributed by atoms with E-state index in [4.69, 9.17) is 0 Å². The fraction of sp³-hybridized carbons (Fsp3) is 0.190. The number of nitrogens with zero attached hydrogens (tertiary/aromatic N) is 4. The highest BCUT2D eigenvalue weighted by molar-refractivity contribution is 6.06. The number of benzene rings is 10. The molecule has 0 radical (unpaired) electrons. The molecule has 0 aliphatic heterocycles. The van der Waals surface area contributed by atoms with Gasteiger partial charge in [-0.25, -0.2) is 0 Å². The number of anilines is 10. The first-order valence-electron chi connectivity index (χ1n) is 30.3. The molecule has 10 aromatic carbocycles. The lowest BCUT2D eigenvalue weighted by Crippen LogP contribution is -2.53. The Balaban J connectivity index is 0.938. The van der Waals surface area contributed by atoms with Crippen LogP contribution in [0.15, 0.2) is 279 Å². The molecule has 2 bridgehead atoms. The first-order valence-corrected chi connectivity index (χ1v) is 30.3. The van der Waals surface area contributed by atoms with Crippen molar-refractivity contribution in [1.82, 2.24) is 0 Å². The molecule has 2 fully saturated rings. The lowest BCUT2D eigenvalue weighted by molar-refractivity contribution is -0.0601. The van der Waals surface area contributed by atoms with Gasteiger partial charge in [-0.05, 0) is 175 Å². The van der Waals surface area contributed by atoms with Gasteiger partial charge in [0.2, 0.25) is 0 Å². The van der Waals surface area contributed by atoms with E-state index in [0.717, 1.165) is 52.5 Å². The minimum absolute atomic E-state index is 0.0564. The molecule has 4 heteroatoms. The highest BCUT2D eigenvalue weighted by atomic mass is 15.2. The molecule has 0 heterocycles. The van der Waals surface area contributed by atoms with Crippen LogP contribution in [-0.4, -0.2) is 12.1 Å². The second-order valence-corrected chi connectivity index (χ2v) is 23.5. The summed E-state index contributed by atoms with van der Waals surface area (Å²) in [4.78, 5) is 10.1. The van der Waals surface area contributed by atoms with Crippen molar-refractivity contribution >= 4 is 85.9 Å². The zero-order valence-electron chi connectivity index (χ0n) is 48.0. The zero-order chi connectivity index (χ0) is 56.0. The third kappa shape index (κ3) is 10.9. The van der Waals surface area contributed by atoms with Crippen molar-refractivity contribution in [1.29, 1.82) is 0 Å². The lowest BCUT2D eigenvalue weighted by atomic mass is 9.44. The van der Waals surface area contributed by atoms with Gasteiger partial charge in [-0.15, -0.1) is 0 Å². The predicted octanol–water partition coefficient (Wildman–Crippen LogP) is 22.0. The topological polar surface area (TPSA) is 13.0 Å². The van der Waals surface area contributed by atoms with E-state index < -0.39 is 0 Å². The summed E-state index contributed by atoms with van der Waals surface area (Å²) in [5.74, 6) is 0.415. The Morgan fingerprint density at radius 3 is 1.37 bits per heavy atom. The van der Waals surface area contributed by atoms with Gasteiger partial charge in [-0.2, -0.15) is 0 Å². The molecule has 10 aromatic rings. The van der Waals surface area contributed by atoms with Crippen LogP contribution < -0.4 is 19.6 Å². The first-order chi connectivity index (χ1) is 40.9. The summed E-state index contributed by atoms with van der Waals surface area (Å²) in [6.07, 6.45) is 24.0. The number of fused-ring (bicyclic) bond motifs is 3. The maximum atomic E-state index is 2.68. The van der Waals surface area contributed by atoms with Gasteiger partial charge in [0.05, 0.1) is 11.7 Å². The monoisotopic (exact) mass is 1080 g/mol. The van der Waals surface area contributed by atoms with E-state index in [1.54, 1.807) is 0 Å². The molecule has 4 unspecified atom stereocenters. The number of rotatable bonds is 17. The smallest absolute Gasteiger partial charge is 0.0540 e. The Morgan fingerprint density at radius 1 is 0.398 bits per heavy atom. The molecule has 14 rings (SSSR count).